The average Bonchev–Trinajstić information content (AvgIpc) is 3.01. The van der Waals surface area contributed by atoms with E-state index in [0.717, 1.165) is 18.7 Å². The summed E-state index contributed by atoms with van der Waals surface area (Å²) < 4.78 is 0. The van der Waals surface area contributed by atoms with Crippen molar-refractivity contribution < 1.29 is 4.79 Å². The molecule has 1 heterocycles. The zero-order valence-electron chi connectivity index (χ0n) is 11.1. The Kier molecular flexibility index (Phi) is 2.49. The molecule has 1 saturated carbocycles. The van der Waals surface area contributed by atoms with Crippen LogP contribution in [0.3, 0.4) is 0 Å². The standard InChI is InChI=1S/C15H20N2O/c1-10(16)15(7-8-15)13-4-3-5-14-12(13)6-9-17(14)11(2)18/h3-5,10H,6-9,16H2,1-2H3. The number of nitrogens with two attached hydrogens (primary N) is 1. The maximum atomic E-state index is 11.6. The predicted octanol–water partition coefficient (Wildman–Crippen LogP) is 1.97. The molecule has 1 fully saturated rings. The number of fused-ring (bicyclic) bond motifs is 1. The topological polar surface area (TPSA) is 46.3 Å². The molecule has 0 aromatic heterocycles. The van der Waals surface area contributed by atoms with Crippen molar-refractivity contribution >= 4 is 11.6 Å². The molecule has 1 aromatic carbocycles. The molecule has 1 unspecified atom stereocenters. The zero-order valence-corrected chi connectivity index (χ0v) is 11.1. The van der Waals surface area contributed by atoms with Crippen molar-refractivity contribution in [3.05, 3.63) is 29.3 Å². The van der Waals surface area contributed by atoms with E-state index >= 15 is 0 Å². The molecule has 2 N–H and O–H groups in total. The lowest BCUT2D eigenvalue weighted by atomic mass is 9.85. The minimum atomic E-state index is 0.136. The van der Waals surface area contributed by atoms with E-state index in [1.54, 1.807) is 6.92 Å². The number of carbonyl (C=O) groups is 1. The fourth-order valence-electron chi connectivity index (χ4n) is 3.33. The van der Waals surface area contributed by atoms with Crippen LogP contribution in [0.25, 0.3) is 0 Å². The fourth-order valence-corrected chi connectivity index (χ4v) is 3.33. The van der Waals surface area contributed by atoms with Crippen molar-refractivity contribution in [1.82, 2.24) is 0 Å². The van der Waals surface area contributed by atoms with Gasteiger partial charge in [0.2, 0.25) is 5.91 Å². The molecule has 1 aliphatic heterocycles. The zero-order chi connectivity index (χ0) is 12.9. The SMILES string of the molecule is CC(=O)N1CCc2c1cccc2C1(C(C)N)CC1. The summed E-state index contributed by atoms with van der Waals surface area (Å²) in [4.78, 5) is 13.5. The van der Waals surface area contributed by atoms with Gasteiger partial charge in [-0.05, 0) is 43.4 Å². The van der Waals surface area contributed by atoms with Gasteiger partial charge < -0.3 is 10.6 Å². The number of carbonyl (C=O) groups excluding carboxylic acids is 1. The van der Waals surface area contributed by atoms with Crippen LogP contribution < -0.4 is 10.6 Å². The summed E-state index contributed by atoms with van der Waals surface area (Å²) >= 11 is 0. The van der Waals surface area contributed by atoms with Gasteiger partial charge in [-0.25, -0.2) is 0 Å². The summed E-state index contributed by atoms with van der Waals surface area (Å²) in [5, 5.41) is 0. The monoisotopic (exact) mass is 244 g/mol. The van der Waals surface area contributed by atoms with Gasteiger partial charge in [0, 0.05) is 30.6 Å². The summed E-state index contributed by atoms with van der Waals surface area (Å²) in [6.45, 7) is 4.56. The smallest absolute Gasteiger partial charge is 0.223 e. The van der Waals surface area contributed by atoms with Crippen molar-refractivity contribution in [3.8, 4) is 0 Å². The van der Waals surface area contributed by atoms with E-state index in [9.17, 15) is 4.79 Å². The first kappa shape index (κ1) is 11.7. The van der Waals surface area contributed by atoms with Crippen LogP contribution in [0, 0.1) is 0 Å². The van der Waals surface area contributed by atoms with Gasteiger partial charge in [0.15, 0.2) is 0 Å². The van der Waals surface area contributed by atoms with Gasteiger partial charge in [0.25, 0.3) is 0 Å². The van der Waals surface area contributed by atoms with Crippen LogP contribution in [0.2, 0.25) is 0 Å². The molecule has 1 amide bonds. The molecule has 1 aromatic rings. The van der Waals surface area contributed by atoms with Crippen molar-refractivity contribution in [1.29, 1.82) is 0 Å². The van der Waals surface area contributed by atoms with Gasteiger partial charge in [0.05, 0.1) is 0 Å². The third-order valence-electron chi connectivity index (χ3n) is 4.60. The Morgan fingerprint density at radius 1 is 1.44 bits per heavy atom. The largest absolute Gasteiger partial charge is 0.327 e. The van der Waals surface area contributed by atoms with E-state index < -0.39 is 0 Å². The number of hydrogen-bond donors (Lipinski definition) is 1. The molecule has 0 spiro atoms. The van der Waals surface area contributed by atoms with Gasteiger partial charge in [-0.1, -0.05) is 12.1 Å². The first-order chi connectivity index (χ1) is 8.56. The van der Waals surface area contributed by atoms with Gasteiger partial charge in [-0.2, -0.15) is 0 Å². The third-order valence-corrected chi connectivity index (χ3v) is 4.60. The molecule has 0 saturated heterocycles. The second-order valence-corrected chi connectivity index (χ2v) is 5.67. The van der Waals surface area contributed by atoms with Gasteiger partial charge in [-0.15, -0.1) is 0 Å². The molecule has 1 atom stereocenters. The number of hydrogen-bond acceptors (Lipinski definition) is 2. The van der Waals surface area contributed by atoms with E-state index in [-0.39, 0.29) is 17.4 Å². The van der Waals surface area contributed by atoms with Crippen LogP contribution in [0.15, 0.2) is 18.2 Å². The molecule has 3 heteroatoms. The number of amides is 1. The number of rotatable bonds is 2. The summed E-state index contributed by atoms with van der Waals surface area (Å²) in [5.41, 5.74) is 10.2. The average molecular weight is 244 g/mol. The van der Waals surface area contributed by atoms with E-state index in [1.807, 2.05) is 4.90 Å². The molecule has 3 nitrogen and oxygen atoms in total. The normalized spacial score (nSPS) is 21.6. The first-order valence-corrected chi connectivity index (χ1v) is 6.72. The van der Waals surface area contributed by atoms with Crippen LogP contribution >= 0.6 is 0 Å². The Morgan fingerprint density at radius 3 is 2.72 bits per heavy atom. The van der Waals surface area contributed by atoms with Crippen LogP contribution in [-0.4, -0.2) is 18.5 Å². The highest BCUT2D eigenvalue weighted by atomic mass is 16.2. The van der Waals surface area contributed by atoms with E-state index in [0.29, 0.717) is 0 Å². The van der Waals surface area contributed by atoms with Crippen molar-refractivity contribution in [2.45, 2.75) is 44.6 Å². The van der Waals surface area contributed by atoms with E-state index in [2.05, 4.69) is 25.1 Å². The maximum Gasteiger partial charge on any atom is 0.223 e. The Bertz CT molecular complexity index is 503. The van der Waals surface area contributed by atoms with Crippen LogP contribution in [0.1, 0.15) is 37.8 Å². The van der Waals surface area contributed by atoms with Gasteiger partial charge >= 0.3 is 0 Å². The highest BCUT2D eigenvalue weighted by Crippen LogP contribution is 2.53. The van der Waals surface area contributed by atoms with Crippen molar-refractivity contribution in [2.75, 3.05) is 11.4 Å². The molecule has 0 radical (unpaired) electrons. The Morgan fingerprint density at radius 2 is 2.17 bits per heavy atom. The highest BCUT2D eigenvalue weighted by Gasteiger charge is 2.49. The quantitative estimate of drug-likeness (QED) is 0.864. The highest BCUT2D eigenvalue weighted by molar-refractivity contribution is 5.94. The second kappa shape index (κ2) is 3.82. The Hall–Kier alpha value is -1.35. The lowest BCUT2D eigenvalue weighted by Gasteiger charge is -2.23. The third kappa shape index (κ3) is 1.50. The molecule has 18 heavy (non-hydrogen) atoms. The lowest BCUT2D eigenvalue weighted by molar-refractivity contribution is -0.116. The number of nitrogens with zero attached hydrogens (tertiary/aromatic N) is 1. The summed E-state index contributed by atoms with van der Waals surface area (Å²) in [7, 11) is 0. The Balaban J connectivity index is 2.07. The predicted molar refractivity (Wildman–Crippen MR) is 72.7 cm³/mol. The van der Waals surface area contributed by atoms with E-state index in [1.165, 1.54) is 24.0 Å². The minimum Gasteiger partial charge on any atom is -0.327 e. The van der Waals surface area contributed by atoms with Crippen molar-refractivity contribution in [3.63, 3.8) is 0 Å². The Labute approximate surface area is 108 Å². The summed E-state index contributed by atoms with van der Waals surface area (Å²) in [6.07, 6.45) is 3.34. The number of benzene rings is 1. The summed E-state index contributed by atoms with van der Waals surface area (Å²) in [5.74, 6) is 0.136. The fraction of sp³-hybridized carbons (Fsp3) is 0.533. The molecule has 96 valence electrons. The van der Waals surface area contributed by atoms with E-state index in [4.69, 9.17) is 5.73 Å². The van der Waals surface area contributed by atoms with Gasteiger partial charge in [-0.3, -0.25) is 4.79 Å². The molecule has 3 rings (SSSR count). The minimum absolute atomic E-state index is 0.136. The van der Waals surface area contributed by atoms with Crippen LogP contribution in [0.4, 0.5) is 5.69 Å². The van der Waals surface area contributed by atoms with Crippen LogP contribution in [0.5, 0.6) is 0 Å². The van der Waals surface area contributed by atoms with Crippen LogP contribution in [-0.2, 0) is 16.6 Å². The van der Waals surface area contributed by atoms with Gasteiger partial charge in [0.1, 0.15) is 0 Å². The maximum absolute atomic E-state index is 11.6. The lowest BCUT2D eigenvalue weighted by Crippen LogP contribution is -2.32. The molecular weight excluding hydrogens is 224 g/mol. The first-order valence-electron chi connectivity index (χ1n) is 6.72. The summed E-state index contributed by atoms with van der Waals surface area (Å²) in [6, 6.07) is 6.52. The molecular formula is C15H20N2O. The molecule has 2 aliphatic rings. The number of anilines is 1. The van der Waals surface area contributed by atoms with Crippen molar-refractivity contribution in [2.24, 2.45) is 5.73 Å². The molecule has 0 bridgehead atoms. The second-order valence-electron chi connectivity index (χ2n) is 5.67. The molecule has 1 aliphatic carbocycles.